The molecule has 1 amide bonds. The maximum absolute atomic E-state index is 12.2. The van der Waals surface area contributed by atoms with Crippen LogP contribution in [0.25, 0.3) is 0 Å². The lowest BCUT2D eigenvalue weighted by atomic mass is 10.1. The fraction of sp³-hybridized carbons (Fsp3) is 0.350. The van der Waals surface area contributed by atoms with Gasteiger partial charge in [-0.15, -0.1) is 0 Å². The fourth-order valence-electron chi connectivity index (χ4n) is 3.23. The van der Waals surface area contributed by atoms with Crippen LogP contribution in [0.15, 0.2) is 48.5 Å². The zero-order valence-electron chi connectivity index (χ0n) is 14.7. The number of hydrogen-bond acceptors (Lipinski definition) is 4. The molecule has 0 bridgehead atoms. The molecule has 0 aliphatic carbocycles. The van der Waals surface area contributed by atoms with Crippen LogP contribution in [-0.2, 0) is 13.1 Å². The molecule has 1 heterocycles. The smallest absolute Gasteiger partial charge is 0.269 e. The third-order valence-corrected chi connectivity index (χ3v) is 4.64. The number of carbonyl (C=O) groups excluding carboxylic acids is 1. The summed E-state index contributed by atoms with van der Waals surface area (Å²) in [7, 11) is 0. The van der Waals surface area contributed by atoms with E-state index in [1.165, 1.54) is 49.1 Å². The number of nitro groups is 1. The van der Waals surface area contributed by atoms with Gasteiger partial charge in [-0.2, -0.15) is 0 Å². The number of benzene rings is 2. The second-order valence-corrected chi connectivity index (χ2v) is 6.64. The van der Waals surface area contributed by atoms with Gasteiger partial charge in [0, 0.05) is 30.8 Å². The molecule has 1 aliphatic heterocycles. The molecule has 2 aromatic rings. The van der Waals surface area contributed by atoms with Gasteiger partial charge < -0.3 is 5.32 Å². The average Bonchev–Trinajstić information content (AvgIpc) is 2.67. The monoisotopic (exact) mass is 353 g/mol. The molecule has 2 aromatic carbocycles. The van der Waals surface area contributed by atoms with Crippen molar-refractivity contribution in [2.75, 3.05) is 13.1 Å². The highest BCUT2D eigenvalue weighted by Crippen LogP contribution is 2.15. The van der Waals surface area contributed by atoms with Gasteiger partial charge in [-0.25, -0.2) is 0 Å². The van der Waals surface area contributed by atoms with Crippen molar-refractivity contribution >= 4 is 11.6 Å². The van der Waals surface area contributed by atoms with Crippen molar-refractivity contribution in [3.8, 4) is 0 Å². The van der Waals surface area contributed by atoms with E-state index in [-0.39, 0.29) is 11.6 Å². The van der Waals surface area contributed by atoms with Crippen LogP contribution in [0, 0.1) is 10.1 Å². The Morgan fingerprint density at radius 3 is 2.42 bits per heavy atom. The number of nitro benzene ring substituents is 1. The van der Waals surface area contributed by atoms with Gasteiger partial charge in [0.15, 0.2) is 0 Å². The van der Waals surface area contributed by atoms with Gasteiger partial charge in [-0.1, -0.05) is 30.7 Å². The van der Waals surface area contributed by atoms with Gasteiger partial charge >= 0.3 is 0 Å². The summed E-state index contributed by atoms with van der Waals surface area (Å²) in [6.07, 6.45) is 3.86. The minimum atomic E-state index is -0.477. The first-order valence-electron chi connectivity index (χ1n) is 8.94. The summed E-state index contributed by atoms with van der Waals surface area (Å²) in [6.45, 7) is 3.69. The lowest BCUT2D eigenvalue weighted by Crippen LogP contribution is -2.29. The molecule has 0 aromatic heterocycles. The molecule has 3 rings (SSSR count). The van der Waals surface area contributed by atoms with Crippen LogP contribution in [0.5, 0.6) is 0 Å². The number of carbonyl (C=O) groups is 1. The molecule has 6 heteroatoms. The van der Waals surface area contributed by atoms with E-state index in [0.717, 1.165) is 25.2 Å². The molecule has 0 saturated carbocycles. The van der Waals surface area contributed by atoms with Crippen molar-refractivity contribution < 1.29 is 9.72 Å². The minimum Gasteiger partial charge on any atom is -0.348 e. The molecule has 1 N–H and O–H groups in total. The summed E-state index contributed by atoms with van der Waals surface area (Å²) in [5.41, 5.74) is 2.70. The summed E-state index contributed by atoms with van der Waals surface area (Å²) in [5.74, 6) is -0.235. The predicted molar refractivity (Wildman–Crippen MR) is 99.8 cm³/mol. The number of hydrogen-bond donors (Lipinski definition) is 1. The van der Waals surface area contributed by atoms with Gasteiger partial charge in [0.1, 0.15) is 0 Å². The zero-order valence-corrected chi connectivity index (χ0v) is 14.7. The number of rotatable bonds is 6. The van der Waals surface area contributed by atoms with E-state index < -0.39 is 4.92 Å². The van der Waals surface area contributed by atoms with Crippen LogP contribution in [0.2, 0.25) is 0 Å². The highest BCUT2D eigenvalue weighted by Gasteiger charge is 2.11. The van der Waals surface area contributed by atoms with Gasteiger partial charge in [-0.05, 0) is 49.2 Å². The molecular formula is C20H23N3O3. The molecule has 0 radical (unpaired) electrons. The number of amides is 1. The minimum absolute atomic E-state index is 0.0213. The Balaban J connectivity index is 1.56. The van der Waals surface area contributed by atoms with Crippen LogP contribution in [0.1, 0.15) is 40.7 Å². The first kappa shape index (κ1) is 18.1. The van der Waals surface area contributed by atoms with Crippen molar-refractivity contribution in [2.24, 2.45) is 0 Å². The summed E-state index contributed by atoms with van der Waals surface area (Å²) in [4.78, 5) is 24.9. The number of nitrogens with one attached hydrogen (secondary N) is 1. The molecule has 26 heavy (non-hydrogen) atoms. The predicted octanol–water partition coefficient (Wildman–Crippen LogP) is 3.51. The SMILES string of the molecule is O=C(NCc1cccc(CN2CCCCC2)c1)c1ccc([N+](=O)[O-])cc1. The topological polar surface area (TPSA) is 75.5 Å². The van der Waals surface area contributed by atoms with Crippen LogP contribution < -0.4 is 5.32 Å². The van der Waals surface area contributed by atoms with Crippen LogP contribution in [-0.4, -0.2) is 28.8 Å². The Kier molecular flexibility index (Phi) is 5.96. The maximum Gasteiger partial charge on any atom is 0.269 e. The quantitative estimate of drug-likeness (QED) is 0.637. The summed E-state index contributed by atoms with van der Waals surface area (Å²) >= 11 is 0. The molecule has 0 spiro atoms. The van der Waals surface area contributed by atoms with Crippen molar-refractivity contribution in [2.45, 2.75) is 32.4 Å². The molecule has 0 atom stereocenters. The second-order valence-electron chi connectivity index (χ2n) is 6.64. The lowest BCUT2D eigenvalue weighted by Gasteiger charge is -2.26. The van der Waals surface area contributed by atoms with E-state index in [1.807, 2.05) is 12.1 Å². The third kappa shape index (κ3) is 4.89. The number of nitrogens with zero attached hydrogens (tertiary/aromatic N) is 2. The van der Waals surface area contributed by atoms with Gasteiger partial charge in [0.25, 0.3) is 11.6 Å². The maximum atomic E-state index is 12.2. The first-order chi connectivity index (χ1) is 12.6. The fourth-order valence-corrected chi connectivity index (χ4v) is 3.23. The second kappa shape index (κ2) is 8.58. The van der Waals surface area contributed by atoms with Crippen LogP contribution in [0.4, 0.5) is 5.69 Å². The van der Waals surface area contributed by atoms with E-state index in [1.54, 1.807) is 0 Å². The van der Waals surface area contributed by atoms with Gasteiger partial charge in [0.05, 0.1) is 4.92 Å². The van der Waals surface area contributed by atoms with E-state index in [4.69, 9.17) is 0 Å². The van der Waals surface area contributed by atoms with E-state index in [0.29, 0.717) is 12.1 Å². The van der Waals surface area contributed by atoms with Gasteiger partial charge in [-0.3, -0.25) is 19.8 Å². The highest BCUT2D eigenvalue weighted by atomic mass is 16.6. The average molecular weight is 353 g/mol. The van der Waals surface area contributed by atoms with Crippen molar-refractivity contribution in [3.63, 3.8) is 0 Å². The van der Waals surface area contributed by atoms with Crippen LogP contribution in [0.3, 0.4) is 0 Å². The largest absolute Gasteiger partial charge is 0.348 e. The van der Waals surface area contributed by atoms with Crippen molar-refractivity contribution in [1.29, 1.82) is 0 Å². The Labute approximate surface area is 153 Å². The molecule has 136 valence electrons. The first-order valence-corrected chi connectivity index (χ1v) is 8.94. The van der Waals surface area contributed by atoms with E-state index in [2.05, 4.69) is 22.3 Å². The van der Waals surface area contributed by atoms with Crippen LogP contribution >= 0.6 is 0 Å². The van der Waals surface area contributed by atoms with Crippen molar-refractivity contribution in [1.82, 2.24) is 10.2 Å². The van der Waals surface area contributed by atoms with Gasteiger partial charge in [0.2, 0.25) is 0 Å². The molecule has 1 saturated heterocycles. The molecule has 1 aliphatic rings. The number of non-ortho nitro benzene ring substituents is 1. The Bertz CT molecular complexity index is 768. The summed E-state index contributed by atoms with van der Waals surface area (Å²) in [5, 5.41) is 13.5. The Morgan fingerprint density at radius 2 is 1.73 bits per heavy atom. The summed E-state index contributed by atoms with van der Waals surface area (Å²) < 4.78 is 0. The molecule has 6 nitrogen and oxygen atoms in total. The van der Waals surface area contributed by atoms with Crippen molar-refractivity contribution in [3.05, 3.63) is 75.3 Å². The zero-order chi connectivity index (χ0) is 18.4. The lowest BCUT2D eigenvalue weighted by molar-refractivity contribution is -0.384. The standard InChI is InChI=1S/C20H23N3O3/c24-20(18-7-9-19(10-8-18)23(25)26)21-14-16-5-4-6-17(13-16)15-22-11-2-1-3-12-22/h4-10,13H,1-3,11-12,14-15H2,(H,21,24). The number of likely N-dealkylation sites (tertiary alicyclic amines) is 1. The summed E-state index contributed by atoms with van der Waals surface area (Å²) in [6, 6.07) is 13.9. The molecular weight excluding hydrogens is 330 g/mol. The molecule has 1 fully saturated rings. The van der Waals surface area contributed by atoms with E-state index in [9.17, 15) is 14.9 Å². The highest BCUT2D eigenvalue weighted by molar-refractivity contribution is 5.94. The Hall–Kier alpha value is -2.73. The third-order valence-electron chi connectivity index (χ3n) is 4.64. The number of piperidine rings is 1. The van der Waals surface area contributed by atoms with E-state index >= 15 is 0 Å². The Morgan fingerprint density at radius 1 is 1.04 bits per heavy atom. The normalized spacial score (nSPS) is 14.8. The molecule has 0 unspecified atom stereocenters.